The summed E-state index contributed by atoms with van der Waals surface area (Å²) in [6.07, 6.45) is 1.83. The fourth-order valence-electron chi connectivity index (χ4n) is 4.11. The quantitative estimate of drug-likeness (QED) is 0.650. The van der Waals surface area contributed by atoms with Crippen LogP contribution >= 0.6 is 0 Å². The van der Waals surface area contributed by atoms with Gasteiger partial charge in [-0.2, -0.15) is 0 Å². The molecule has 6 heteroatoms. The molecular weight excluding hydrogens is 366 g/mol. The number of aromatic amines is 1. The maximum atomic E-state index is 12.2. The second kappa shape index (κ2) is 7.72. The molecule has 29 heavy (non-hydrogen) atoms. The SMILES string of the molecule is CC(=O)c1ccc(N2CCN([C@@H](C(=O)O)c3c[nH]c4ccc(C)cc34)CC2)cc1. The zero-order valence-electron chi connectivity index (χ0n) is 16.7. The monoisotopic (exact) mass is 391 g/mol. The Hall–Kier alpha value is -3.12. The number of aryl methyl sites for hydroxylation is 1. The Morgan fingerprint density at radius 2 is 1.72 bits per heavy atom. The summed E-state index contributed by atoms with van der Waals surface area (Å²) in [6, 6.07) is 13.0. The van der Waals surface area contributed by atoms with Gasteiger partial charge < -0.3 is 15.0 Å². The van der Waals surface area contributed by atoms with Crippen molar-refractivity contribution >= 4 is 28.3 Å². The second-order valence-corrected chi connectivity index (χ2v) is 7.66. The summed E-state index contributed by atoms with van der Waals surface area (Å²) in [5.41, 5.74) is 4.65. The Balaban J connectivity index is 1.53. The van der Waals surface area contributed by atoms with Gasteiger partial charge in [0, 0.05) is 60.1 Å². The summed E-state index contributed by atoms with van der Waals surface area (Å²) >= 11 is 0. The van der Waals surface area contributed by atoms with Crippen molar-refractivity contribution in [3.63, 3.8) is 0 Å². The van der Waals surface area contributed by atoms with E-state index in [0.717, 1.165) is 40.8 Å². The molecule has 2 N–H and O–H groups in total. The van der Waals surface area contributed by atoms with E-state index in [0.29, 0.717) is 18.7 Å². The molecule has 0 radical (unpaired) electrons. The summed E-state index contributed by atoms with van der Waals surface area (Å²) in [5, 5.41) is 11.0. The fraction of sp³-hybridized carbons (Fsp3) is 0.304. The molecule has 0 bridgehead atoms. The summed E-state index contributed by atoms with van der Waals surface area (Å²) < 4.78 is 0. The average molecular weight is 391 g/mol. The number of carboxylic acids is 1. The minimum atomic E-state index is -0.827. The highest BCUT2D eigenvalue weighted by Crippen LogP contribution is 2.31. The second-order valence-electron chi connectivity index (χ2n) is 7.66. The molecule has 0 amide bonds. The first-order chi connectivity index (χ1) is 13.9. The topological polar surface area (TPSA) is 76.6 Å². The van der Waals surface area contributed by atoms with Gasteiger partial charge in [-0.1, -0.05) is 11.6 Å². The van der Waals surface area contributed by atoms with E-state index in [1.807, 2.05) is 60.5 Å². The highest BCUT2D eigenvalue weighted by Gasteiger charge is 2.32. The molecule has 2 heterocycles. The van der Waals surface area contributed by atoms with E-state index in [-0.39, 0.29) is 5.78 Å². The molecule has 0 saturated carbocycles. The molecule has 1 aliphatic rings. The van der Waals surface area contributed by atoms with Crippen molar-refractivity contribution in [1.29, 1.82) is 0 Å². The molecule has 6 nitrogen and oxygen atoms in total. The zero-order valence-corrected chi connectivity index (χ0v) is 16.7. The maximum Gasteiger partial charge on any atom is 0.325 e. The standard InChI is InChI=1S/C23H25N3O3/c1-15-3-8-21-19(13-15)20(14-24-21)22(23(28)29)26-11-9-25(10-12-26)18-6-4-17(5-7-18)16(2)27/h3-8,13-14,22,24H,9-12H2,1-2H3,(H,28,29)/t22-/m1/s1. The van der Waals surface area contributed by atoms with Gasteiger partial charge in [0.2, 0.25) is 0 Å². The average Bonchev–Trinajstić information content (AvgIpc) is 3.11. The van der Waals surface area contributed by atoms with E-state index in [2.05, 4.69) is 9.88 Å². The first-order valence-corrected chi connectivity index (χ1v) is 9.84. The van der Waals surface area contributed by atoms with Crippen LogP contribution in [0.3, 0.4) is 0 Å². The van der Waals surface area contributed by atoms with Gasteiger partial charge in [-0.3, -0.25) is 14.5 Å². The van der Waals surface area contributed by atoms with Gasteiger partial charge in [0.15, 0.2) is 5.78 Å². The number of carbonyl (C=O) groups excluding carboxylic acids is 1. The third kappa shape index (κ3) is 3.76. The van der Waals surface area contributed by atoms with E-state index < -0.39 is 12.0 Å². The van der Waals surface area contributed by atoms with E-state index in [4.69, 9.17) is 0 Å². The zero-order chi connectivity index (χ0) is 20.5. The van der Waals surface area contributed by atoms with E-state index in [1.165, 1.54) is 0 Å². The van der Waals surface area contributed by atoms with Gasteiger partial charge in [-0.15, -0.1) is 0 Å². The van der Waals surface area contributed by atoms with Crippen molar-refractivity contribution < 1.29 is 14.7 Å². The van der Waals surface area contributed by atoms with E-state index in [1.54, 1.807) is 6.92 Å². The van der Waals surface area contributed by atoms with E-state index in [9.17, 15) is 14.7 Å². The van der Waals surface area contributed by atoms with Gasteiger partial charge >= 0.3 is 5.97 Å². The molecule has 2 aromatic carbocycles. The van der Waals surface area contributed by atoms with Crippen LogP contribution in [0.5, 0.6) is 0 Å². The number of aliphatic carboxylic acids is 1. The lowest BCUT2D eigenvalue weighted by atomic mass is 10.0. The number of hydrogen-bond donors (Lipinski definition) is 2. The van der Waals surface area contributed by atoms with Crippen LogP contribution in [0.15, 0.2) is 48.7 Å². The number of aromatic nitrogens is 1. The number of anilines is 1. The lowest BCUT2D eigenvalue weighted by Gasteiger charge is -2.38. The number of fused-ring (bicyclic) bond motifs is 1. The molecule has 1 saturated heterocycles. The number of carbonyl (C=O) groups is 2. The molecular formula is C23H25N3O3. The minimum absolute atomic E-state index is 0.0552. The van der Waals surface area contributed by atoms with Crippen molar-refractivity contribution in [3.8, 4) is 0 Å². The van der Waals surface area contributed by atoms with Crippen molar-refractivity contribution in [1.82, 2.24) is 9.88 Å². The van der Waals surface area contributed by atoms with Gasteiger partial charge in [0.1, 0.15) is 6.04 Å². The molecule has 0 unspecified atom stereocenters. The number of Topliss-reactive ketones (excluding diaryl/α,β-unsaturated/α-hetero) is 1. The molecule has 0 spiro atoms. The third-order valence-electron chi connectivity index (χ3n) is 5.72. The summed E-state index contributed by atoms with van der Waals surface area (Å²) in [7, 11) is 0. The smallest absolute Gasteiger partial charge is 0.325 e. The lowest BCUT2D eigenvalue weighted by molar-refractivity contribution is -0.143. The summed E-state index contributed by atoms with van der Waals surface area (Å²) in [4.78, 5) is 31.1. The molecule has 1 aromatic heterocycles. The molecule has 0 aliphatic carbocycles. The number of rotatable bonds is 5. The molecule has 150 valence electrons. The van der Waals surface area contributed by atoms with Crippen LogP contribution < -0.4 is 4.90 Å². The number of piperazine rings is 1. The number of nitrogens with zero attached hydrogens (tertiary/aromatic N) is 2. The number of nitrogens with one attached hydrogen (secondary N) is 1. The molecule has 3 aromatic rings. The van der Waals surface area contributed by atoms with Crippen LogP contribution in [0.25, 0.3) is 10.9 Å². The number of H-pyrrole nitrogens is 1. The first-order valence-electron chi connectivity index (χ1n) is 9.84. The van der Waals surface area contributed by atoms with Crippen molar-refractivity contribution in [2.45, 2.75) is 19.9 Å². The number of carboxylic acid groups (broad SMARTS) is 1. The highest BCUT2D eigenvalue weighted by molar-refractivity contribution is 5.94. The Bertz CT molecular complexity index is 1050. The van der Waals surface area contributed by atoms with Crippen LogP contribution in [-0.4, -0.2) is 52.9 Å². The van der Waals surface area contributed by atoms with E-state index >= 15 is 0 Å². The fourth-order valence-corrected chi connectivity index (χ4v) is 4.11. The van der Waals surface area contributed by atoms with Crippen molar-refractivity contribution in [2.24, 2.45) is 0 Å². The molecule has 1 atom stereocenters. The number of hydrogen-bond acceptors (Lipinski definition) is 4. The number of benzene rings is 2. The Kier molecular flexibility index (Phi) is 5.11. The van der Waals surface area contributed by atoms with Gasteiger partial charge in [-0.05, 0) is 50.2 Å². The van der Waals surface area contributed by atoms with Crippen LogP contribution in [0, 0.1) is 6.92 Å². The normalized spacial score (nSPS) is 16.1. The molecule has 1 aliphatic heterocycles. The third-order valence-corrected chi connectivity index (χ3v) is 5.72. The van der Waals surface area contributed by atoms with Crippen LogP contribution in [0.1, 0.15) is 34.5 Å². The Labute approximate surface area is 169 Å². The van der Waals surface area contributed by atoms with Crippen molar-refractivity contribution in [3.05, 3.63) is 65.4 Å². The summed E-state index contributed by atoms with van der Waals surface area (Å²) in [6.45, 7) is 6.37. The Morgan fingerprint density at radius 3 is 2.34 bits per heavy atom. The lowest BCUT2D eigenvalue weighted by Crippen LogP contribution is -2.49. The van der Waals surface area contributed by atoms with Crippen molar-refractivity contribution in [2.75, 3.05) is 31.1 Å². The first kappa shape index (κ1) is 19.2. The Morgan fingerprint density at radius 1 is 1.03 bits per heavy atom. The van der Waals surface area contributed by atoms with Gasteiger partial charge in [0.25, 0.3) is 0 Å². The predicted molar refractivity (Wildman–Crippen MR) is 114 cm³/mol. The predicted octanol–water partition coefficient (Wildman–Crippen LogP) is 3.63. The van der Waals surface area contributed by atoms with Crippen LogP contribution in [0.4, 0.5) is 5.69 Å². The summed E-state index contributed by atoms with van der Waals surface area (Å²) in [5.74, 6) is -0.772. The van der Waals surface area contributed by atoms with Gasteiger partial charge in [0.05, 0.1) is 0 Å². The largest absolute Gasteiger partial charge is 0.480 e. The van der Waals surface area contributed by atoms with Crippen LogP contribution in [-0.2, 0) is 4.79 Å². The maximum absolute atomic E-state index is 12.2. The molecule has 4 rings (SSSR count). The van der Waals surface area contributed by atoms with Gasteiger partial charge in [-0.25, -0.2) is 0 Å². The molecule has 1 fully saturated rings. The number of ketones is 1. The highest BCUT2D eigenvalue weighted by atomic mass is 16.4. The minimum Gasteiger partial charge on any atom is -0.480 e. The van der Waals surface area contributed by atoms with Crippen LogP contribution in [0.2, 0.25) is 0 Å².